The van der Waals surface area contributed by atoms with Gasteiger partial charge in [-0.15, -0.1) is 5.10 Å². The Bertz CT molecular complexity index is 662. The Kier molecular flexibility index (Phi) is 3.62. The van der Waals surface area contributed by atoms with Crippen molar-refractivity contribution in [2.75, 3.05) is 0 Å². The Labute approximate surface area is 122 Å². The Morgan fingerprint density at radius 3 is 2.90 bits per heavy atom. The smallest absolute Gasteiger partial charge is 0.275 e. The number of aryl methyl sites for hydroxylation is 1. The SMILES string of the molecule is Cn1ccc(OCc2c(C(=O)NO)cccc2C2CC2)n1. The zero-order valence-electron chi connectivity index (χ0n) is 11.7. The van der Waals surface area contributed by atoms with Gasteiger partial charge in [-0.05, 0) is 30.4 Å². The summed E-state index contributed by atoms with van der Waals surface area (Å²) in [6.45, 7) is 0.256. The highest BCUT2D eigenvalue weighted by Gasteiger charge is 2.28. The lowest BCUT2D eigenvalue weighted by molar-refractivity contribution is 0.0703. The molecule has 1 fully saturated rings. The summed E-state index contributed by atoms with van der Waals surface area (Å²) < 4.78 is 7.33. The molecule has 0 saturated heterocycles. The van der Waals surface area contributed by atoms with Gasteiger partial charge in [-0.2, -0.15) is 0 Å². The van der Waals surface area contributed by atoms with Crippen molar-refractivity contribution in [1.82, 2.24) is 15.3 Å². The van der Waals surface area contributed by atoms with Crippen LogP contribution in [0, 0.1) is 0 Å². The Hall–Kier alpha value is -2.34. The maximum absolute atomic E-state index is 11.8. The van der Waals surface area contributed by atoms with E-state index in [9.17, 15) is 4.79 Å². The number of nitrogens with zero attached hydrogens (tertiary/aromatic N) is 2. The van der Waals surface area contributed by atoms with Gasteiger partial charge in [0.2, 0.25) is 5.88 Å². The van der Waals surface area contributed by atoms with E-state index in [1.54, 1.807) is 28.5 Å². The predicted octanol–water partition coefficient (Wildman–Crippen LogP) is 2.00. The zero-order valence-corrected chi connectivity index (χ0v) is 11.7. The molecule has 1 aromatic carbocycles. The second kappa shape index (κ2) is 5.57. The fourth-order valence-corrected chi connectivity index (χ4v) is 2.43. The Morgan fingerprint density at radius 2 is 2.29 bits per heavy atom. The van der Waals surface area contributed by atoms with Gasteiger partial charge in [0.1, 0.15) is 6.61 Å². The minimum absolute atomic E-state index is 0.256. The second-order valence-electron chi connectivity index (χ2n) is 5.20. The molecule has 0 unspecified atom stereocenters. The molecule has 1 aromatic heterocycles. The fraction of sp³-hybridized carbons (Fsp3) is 0.333. The molecule has 2 N–H and O–H groups in total. The van der Waals surface area contributed by atoms with E-state index >= 15 is 0 Å². The third-order valence-corrected chi connectivity index (χ3v) is 3.63. The Balaban J connectivity index is 1.88. The number of hydroxylamine groups is 1. The van der Waals surface area contributed by atoms with Crippen molar-refractivity contribution >= 4 is 5.91 Å². The van der Waals surface area contributed by atoms with Gasteiger partial charge in [-0.1, -0.05) is 12.1 Å². The summed E-state index contributed by atoms with van der Waals surface area (Å²) in [5.41, 5.74) is 4.07. The van der Waals surface area contributed by atoms with Crippen LogP contribution in [-0.4, -0.2) is 20.9 Å². The second-order valence-corrected chi connectivity index (χ2v) is 5.20. The predicted molar refractivity (Wildman–Crippen MR) is 75.2 cm³/mol. The van der Waals surface area contributed by atoms with Crippen LogP contribution >= 0.6 is 0 Å². The molecule has 1 aliphatic rings. The molecule has 110 valence electrons. The zero-order chi connectivity index (χ0) is 14.8. The topological polar surface area (TPSA) is 76.4 Å². The maximum Gasteiger partial charge on any atom is 0.275 e. The van der Waals surface area contributed by atoms with Crippen LogP contribution in [0.4, 0.5) is 0 Å². The van der Waals surface area contributed by atoms with E-state index in [2.05, 4.69) is 5.10 Å². The van der Waals surface area contributed by atoms with Crippen LogP contribution in [0.15, 0.2) is 30.5 Å². The number of benzene rings is 1. The van der Waals surface area contributed by atoms with E-state index in [1.807, 2.05) is 19.2 Å². The third-order valence-electron chi connectivity index (χ3n) is 3.63. The van der Waals surface area contributed by atoms with Gasteiger partial charge in [0.15, 0.2) is 0 Å². The van der Waals surface area contributed by atoms with Gasteiger partial charge in [0, 0.05) is 30.4 Å². The van der Waals surface area contributed by atoms with Crippen LogP contribution in [0.5, 0.6) is 5.88 Å². The lowest BCUT2D eigenvalue weighted by Gasteiger charge is -2.13. The van der Waals surface area contributed by atoms with Gasteiger partial charge in [0.25, 0.3) is 5.91 Å². The monoisotopic (exact) mass is 287 g/mol. The first-order valence-electron chi connectivity index (χ1n) is 6.87. The van der Waals surface area contributed by atoms with Crippen molar-refractivity contribution in [2.24, 2.45) is 7.05 Å². The first-order chi connectivity index (χ1) is 10.2. The van der Waals surface area contributed by atoms with Crippen LogP contribution in [0.2, 0.25) is 0 Å². The van der Waals surface area contributed by atoms with Crippen LogP contribution in [0.1, 0.15) is 40.2 Å². The lowest BCUT2D eigenvalue weighted by atomic mass is 9.98. The molecular weight excluding hydrogens is 270 g/mol. The number of amides is 1. The number of hydrogen-bond acceptors (Lipinski definition) is 4. The number of aromatic nitrogens is 2. The third kappa shape index (κ3) is 2.90. The molecule has 0 aliphatic heterocycles. The van der Waals surface area contributed by atoms with Crippen molar-refractivity contribution in [1.29, 1.82) is 0 Å². The Morgan fingerprint density at radius 1 is 1.48 bits per heavy atom. The van der Waals surface area contributed by atoms with Crippen LogP contribution in [0.25, 0.3) is 0 Å². The van der Waals surface area contributed by atoms with Crippen LogP contribution < -0.4 is 10.2 Å². The van der Waals surface area contributed by atoms with E-state index in [4.69, 9.17) is 9.94 Å². The van der Waals surface area contributed by atoms with Crippen LogP contribution in [-0.2, 0) is 13.7 Å². The number of ether oxygens (including phenoxy) is 1. The van der Waals surface area contributed by atoms with E-state index in [0.29, 0.717) is 17.4 Å². The van der Waals surface area contributed by atoms with E-state index < -0.39 is 5.91 Å². The van der Waals surface area contributed by atoms with E-state index in [-0.39, 0.29) is 6.61 Å². The summed E-state index contributed by atoms with van der Waals surface area (Å²) in [6.07, 6.45) is 4.05. The number of hydrogen-bond donors (Lipinski definition) is 2. The molecule has 6 nitrogen and oxygen atoms in total. The number of nitrogens with one attached hydrogen (secondary N) is 1. The van der Waals surface area contributed by atoms with Crippen LogP contribution in [0.3, 0.4) is 0 Å². The molecule has 1 aliphatic carbocycles. The summed E-state index contributed by atoms with van der Waals surface area (Å²) in [5, 5.41) is 13.0. The molecule has 0 bridgehead atoms. The first kappa shape index (κ1) is 13.6. The molecular formula is C15H17N3O3. The normalized spacial score (nSPS) is 14.0. The van der Waals surface area contributed by atoms with Crippen molar-refractivity contribution in [2.45, 2.75) is 25.4 Å². The minimum atomic E-state index is -0.517. The number of carbonyl (C=O) groups excluding carboxylic acids is 1. The molecule has 6 heteroatoms. The van der Waals surface area contributed by atoms with E-state index in [1.165, 1.54) is 0 Å². The fourth-order valence-electron chi connectivity index (χ4n) is 2.43. The minimum Gasteiger partial charge on any atom is -0.472 e. The molecule has 3 rings (SSSR count). The summed E-state index contributed by atoms with van der Waals surface area (Å²) >= 11 is 0. The van der Waals surface area contributed by atoms with Crippen molar-refractivity contribution in [3.8, 4) is 5.88 Å². The highest BCUT2D eigenvalue weighted by molar-refractivity contribution is 5.95. The molecule has 1 heterocycles. The van der Waals surface area contributed by atoms with Gasteiger partial charge >= 0.3 is 0 Å². The van der Waals surface area contributed by atoms with Gasteiger partial charge < -0.3 is 4.74 Å². The molecule has 0 atom stereocenters. The summed E-state index contributed by atoms with van der Waals surface area (Å²) in [7, 11) is 1.82. The summed E-state index contributed by atoms with van der Waals surface area (Å²) in [5.74, 6) is 0.481. The standard InChI is InChI=1S/C15H17N3O3/c1-18-8-7-14(16-18)21-9-13-11(10-5-6-10)3-2-4-12(13)15(19)17-20/h2-4,7-8,10,20H,5-6,9H2,1H3,(H,17,19). The van der Waals surface area contributed by atoms with Gasteiger partial charge in [0.05, 0.1) is 0 Å². The largest absolute Gasteiger partial charge is 0.472 e. The molecule has 1 saturated carbocycles. The van der Waals surface area contributed by atoms with Crippen molar-refractivity contribution in [3.05, 3.63) is 47.2 Å². The maximum atomic E-state index is 11.8. The van der Waals surface area contributed by atoms with Gasteiger partial charge in [-0.25, -0.2) is 5.48 Å². The average Bonchev–Trinajstić information content (AvgIpc) is 3.26. The number of rotatable bonds is 5. The quantitative estimate of drug-likeness (QED) is 0.651. The number of carbonyl (C=O) groups is 1. The molecule has 0 radical (unpaired) electrons. The molecule has 1 amide bonds. The van der Waals surface area contributed by atoms with Crippen molar-refractivity contribution in [3.63, 3.8) is 0 Å². The first-order valence-corrected chi connectivity index (χ1v) is 6.87. The van der Waals surface area contributed by atoms with E-state index in [0.717, 1.165) is 24.0 Å². The highest BCUT2D eigenvalue weighted by atomic mass is 16.5. The molecule has 2 aromatic rings. The molecule has 21 heavy (non-hydrogen) atoms. The lowest BCUT2D eigenvalue weighted by Crippen LogP contribution is -2.21. The summed E-state index contributed by atoms with van der Waals surface area (Å²) in [6, 6.07) is 7.31. The van der Waals surface area contributed by atoms with Crippen molar-refractivity contribution < 1.29 is 14.7 Å². The highest BCUT2D eigenvalue weighted by Crippen LogP contribution is 2.42. The summed E-state index contributed by atoms with van der Waals surface area (Å²) in [4.78, 5) is 11.8. The van der Waals surface area contributed by atoms with Gasteiger partial charge in [-0.3, -0.25) is 14.7 Å². The molecule has 0 spiro atoms. The average molecular weight is 287 g/mol.